The highest BCUT2D eigenvalue weighted by Gasteiger charge is 2.07. The first-order valence-electron chi connectivity index (χ1n) is 5.79. The van der Waals surface area contributed by atoms with Crippen LogP contribution in [0.3, 0.4) is 0 Å². The molecule has 2 nitrogen and oxygen atoms in total. The zero-order valence-electron chi connectivity index (χ0n) is 10.1. The molecule has 0 radical (unpaired) electrons. The predicted molar refractivity (Wildman–Crippen MR) is 65.1 cm³/mol. The minimum Gasteiger partial charge on any atom is -0.376 e. The number of hydrogen-bond acceptors (Lipinski definition) is 2. The molecule has 16 heavy (non-hydrogen) atoms. The summed E-state index contributed by atoms with van der Waals surface area (Å²) in [5, 5.41) is 0. The van der Waals surface area contributed by atoms with E-state index in [0.717, 1.165) is 12.7 Å². The number of benzene rings is 1. The van der Waals surface area contributed by atoms with Crippen LogP contribution >= 0.6 is 0 Å². The van der Waals surface area contributed by atoms with Gasteiger partial charge in [0.25, 0.3) is 0 Å². The van der Waals surface area contributed by atoms with Gasteiger partial charge in [0.05, 0.1) is 6.61 Å². The van der Waals surface area contributed by atoms with Crippen LogP contribution in [0.1, 0.15) is 25.8 Å². The number of carbonyl (C=O) groups is 1. The Bertz CT molecular complexity index is 295. The summed E-state index contributed by atoms with van der Waals surface area (Å²) in [5.74, 6) is 0.569. The van der Waals surface area contributed by atoms with E-state index in [1.165, 1.54) is 5.56 Å². The molecule has 0 heterocycles. The first-order chi connectivity index (χ1) is 7.72. The Labute approximate surface area is 97.6 Å². The molecule has 0 N–H and O–H groups in total. The molecular formula is C14H20O2. The number of carbonyl (C=O) groups excluding carboxylic acids is 1. The number of aldehydes is 1. The Morgan fingerprint density at radius 2 is 1.94 bits per heavy atom. The van der Waals surface area contributed by atoms with Gasteiger partial charge in [0.15, 0.2) is 0 Å². The Hall–Kier alpha value is -1.15. The molecule has 0 saturated heterocycles. The Morgan fingerprint density at radius 3 is 2.56 bits per heavy atom. The monoisotopic (exact) mass is 220 g/mol. The van der Waals surface area contributed by atoms with Gasteiger partial charge >= 0.3 is 0 Å². The van der Waals surface area contributed by atoms with E-state index in [2.05, 4.69) is 19.1 Å². The summed E-state index contributed by atoms with van der Waals surface area (Å²) in [6.45, 7) is 5.43. The van der Waals surface area contributed by atoms with E-state index in [-0.39, 0.29) is 5.92 Å². The zero-order valence-corrected chi connectivity index (χ0v) is 10.1. The first-order valence-corrected chi connectivity index (χ1v) is 5.79. The van der Waals surface area contributed by atoms with Crippen molar-refractivity contribution in [3.05, 3.63) is 35.9 Å². The fraction of sp³-hybridized carbons (Fsp3) is 0.500. The molecule has 1 aromatic rings. The summed E-state index contributed by atoms with van der Waals surface area (Å²) in [4.78, 5) is 10.5. The lowest BCUT2D eigenvalue weighted by atomic mass is 9.99. The fourth-order valence-electron chi connectivity index (χ4n) is 1.71. The SMILES string of the molecule is C[C@@H](COCc1ccccc1)C[C@@H](C)C=O. The van der Waals surface area contributed by atoms with Crippen molar-refractivity contribution in [1.82, 2.24) is 0 Å². The molecule has 0 aromatic heterocycles. The fourth-order valence-corrected chi connectivity index (χ4v) is 1.71. The smallest absolute Gasteiger partial charge is 0.122 e. The highest BCUT2D eigenvalue weighted by atomic mass is 16.5. The van der Waals surface area contributed by atoms with Gasteiger partial charge in [-0.2, -0.15) is 0 Å². The van der Waals surface area contributed by atoms with Crippen LogP contribution in [0.2, 0.25) is 0 Å². The molecule has 1 rings (SSSR count). The van der Waals surface area contributed by atoms with E-state index < -0.39 is 0 Å². The van der Waals surface area contributed by atoms with Gasteiger partial charge < -0.3 is 9.53 Å². The molecule has 88 valence electrons. The second-order valence-electron chi connectivity index (χ2n) is 4.45. The van der Waals surface area contributed by atoms with Crippen molar-refractivity contribution in [2.45, 2.75) is 26.9 Å². The number of rotatable bonds is 7. The van der Waals surface area contributed by atoms with Crippen LogP contribution in [0.5, 0.6) is 0 Å². The summed E-state index contributed by atoms with van der Waals surface area (Å²) in [7, 11) is 0. The van der Waals surface area contributed by atoms with E-state index >= 15 is 0 Å². The normalized spacial score (nSPS) is 14.4. The topological polar surface area (TPSA) is 26.3 Å². The van der Waals surface area contributed by atoms with Gasteiger partial charge in [-0.1, -0.05) is 44.2 Å². The molecule has 2 atom stereocenters. The van der Waals surface area contributed by atoms with E-state index in [4.69, 9.17) is 4.74 Å². The summed E-state index contributed by atoms with van der Waals surface area (Å²) < 4.78 is 5.61. The second kappa shape index (κ2) is 7.18. The third-order valence-electron chi connectivity index (χ3n) is 2.52. The highest BCUT2D eigenvalue weighted by molar-refractivity contribution is 5.52. The third kappa shape index (κ3) is 5.08. The minimum atomic E-state index is 0.135. The van der Waals surface area contributed by atoms with Gasteiger partial charge in [0.2, 0.25) is 0 Å². The van der Waals surface area contributed by atoms with Crippen LogP contribution in [-0.2, 0) is 16.1 Å². The van der Waals surface area contributed by atoms with E-state index in [0.29, 0.717) is 19.1 Å². The van der Waals surface area contributed by atoms with Crippen molar-refractivity contribution >= 4 is 6.29 Å². The van der Waals surface area contributed by atoms with Crippen molar-refractivity contribution in [2.75, 3.05) is 6.61 Å². The van der Waals surface area contributed by atoms with Crippen LogP contribution in [0.4, 0.5) is 0 Å². The largest absolute Gasteiger partial charge is 0.376 e. The summed E-state index contributed by atoms with van der Waals surface area (Å²) in [6, 6.07) is 10.1. The average molecular weight is 220 g/mol. The van der Waals surface area contributed by atoms with Gasteiger partial charge in [0, 0.05) is 12.5 Å². The van der Waals surface area contributed by atoms with Gasteiger partial charge in [0.1, 0.15) is 6.29 Å². The molecule has 2 heteroatoms. The van der Waals surface area contributed by atoms with E-state index in [1.807, 2.05) is 25.1 Å². The van der Waals surface area contributed by atoms with Crippen molar-refractivity contribution in [1.29, 1.82) is 0 Å². The molecule has 0 aliphatic carbocycles. The average Bonchev–Trinajstić information content (AvgIpc) is 2.30. The quantitative estimate of drug-likeness (QED) is 0.660. The second-order valence-corrected chi connectivity index (χ2v) is 4.45. The molecule has 0 saturated carbocycles. The predicted octanol–water partition coefficient (Wildman–Crippen LogP) is 3.06. The molecule has 0 fully saturated rings. The molecule has 0 spiro atoms. The van der Waals surface area contributed by atoms with Crippen LogP contribution in [0, 0.1) is 11.8 Å². The zero-order chi connectivity index (χ0) is 11.8. The molecule has 0 aliphatic rings. The van der Waals surface area contributed by atoms with Crippen LogP contribution in [0.25, 0.3) is 0 Å². The van der Waals surface area contributed by atoms with Gasteiger partial charge in [-0.3, -0.25) is 0 Å². The van der Waals surface area contributed by atoms with Crippen molar-refractivity contribution in [3.8, 4) is 0 Å². The third-order valence-corrected chi connectivity index (χ3v) is 2.52. The van der Waals surface area contributed by atoms with Crippen molar-refractivity contribution in [3.63, 3.8) is 0 Å². The lowest BCUT2D eigenvalue weighted by Gasteiger charge is -2.13. The maximum atomic E-state index is 10.5. The highest BCUT2D eigenvalue weighted by Crippen LogP contribution is 2.11. The molecule has 0 aliphatic heterocycles. The Balaban J connectivity index is 2.18. The minimum absolute atomic E-state index is 0.135. The Morgan fingerprint density at radius 1 is 1.25 bits per heavy atom. The first kappa shape index (κ1) is 12.9. The van der Waals surface area contributed by atoms with E-state index in [9.17, 15) is 4.79 Å². The Kier molecular flexibility index (Phi) is 5.79. The van der Waals surface area contributed by atoms with Crippen LogP contribution < -0.4 is 0 Å². The maximum absolute atomic E-state index is 10.5. The molecule has 0 bridgehead atoms. The van der Waals surface area contributed by atoms with Crippen molar-refractivity contribution < 1.29 is 9.53 Å². The molecule has 0 unspecified atom stereocenters. The molecular weight excluding hydrogens is 200 g/mol. The van der Waals surface area contributed by atoms with Gasteiger partial charge in [-0.25, -0.2) is 0 Å². The van der Waals surface area contributed by atoms with Gasteiger partial charge in [-0.15, -0.1) is 0 Å². The standard InChI is InChI=1S/C14H20O2/c1-12(9-15)8-13(2)10-16-11-14-6-4-3-5-7-14/h3-7,9,12-13H,8,10-11H2,1-2H3/t12-,13-/m1/s1. The number of hydrogen-bond donors (Lipinski definition) is 0. The lowest BCUT2D eigenvalue weighted by Crippen LogP contribution is -2.10. The summed E-state index contributed by atoms with van der Waals surface area (Å²) in [5.41, 5.74) is 1.19. The lowest BCUT2D eigenvalue weighted by molar-refractivity contribution is -0.111. The van der Waals surface area contributed by atoms with Crippen LogP contribution in [-0.4, -0.2) is 12.9 Å². The van der Waals surface area contributed by atoms with Crippen molar-refractivity contribution in [2.24, 2.45) is 11.8 Å². The van der Waals surface area contributed by atoms with Crippen LogP contribution in [0.15, 0.2) is 30.3 Å². The summed E-state index contributed by atoms with van der Waals surface area (Å²) >= 11 is 0. The summed E-state index contributed by atoms with van der Waals surface area (Å²) in [6.07, 6.45) is 1.91. The molecule has 0 amide bonds. The maximum Gasteiger partial charge on any atom is 0.122 e. The number of ether oxygens (including phenoxy) is 1. The van der Waals surface area contributed by atoms with Gasteiger partial charge in [-0.05, 0) is 17.9 Å². The molecule has 1 aromatic carbocycles. The van der Waals surface area contributed by atoms with E-state index in [1.54, 1.807) is 0 Å².